The molecule has 1 heterocycles. The van der Waals surface area contributed by atoms with Gasteiger partial charge in [0, 0.05) is 34.1 Å². The number of aromatic nitrogens is 2. The van der Waals surface area contributed by atoms with Gasteiger partial charge >= 0.3 is 0 Å². The molecule has 0 saturated carbocycles. The molecule has 1 aromatic heterocycles. The first-order valence-electron chi connectivity index (χ1n) is 12.3. The molecule has 0 radical (unpaired) electrons. The van der Waals surface area contributed by atoms with Crippen molar-refractivity contribution in [3.8, 4) is 0 Å². The molecule has 34 heavy (non-hydrogen) atoms. The lowest BCUT2D eigenvalue weighted by Crippen LogP contribution is -2.26. The summed E-state index contributed by atoms with van der Waals surface area (Å²) < 4.78 is 1.08. The zero-order valence-corrected chi connectivity index (χ0v) is 22.7. The maximum absolute atomic E-state index is 6.11. The van der Waals surface area contributed by atoms with Crippen molar-refractivity contribution in [1.29, 1.82) is 0 Å². The van der Waals surface area contributed by atoms with Crippen LogP contribution in [0.2, 0.25) is 5.02 Å². The third-order valence-corrected chi connectivity index (χ3v) is 7.15. The van der Waals surface area contributed by atoms with Gasteiger partial charge in [0.15, 0.2) is 0 Å². The first-order chi connectivity index (χ1) is 16.5. The molecule has 3 atom stereocenters. The van der Waals surface area contributed by atoms with Crippen LogP contribution in [0.4, 0.5) is 11.6 Å². The van der Waals surface area contributed by atoms with Crippen LogP contribution in [-0.4, -0.2) is 22.6 Å². The molecule has 0 spiro atoms. The standard InChI is InChI=1S/C28H36BrClN4/c1-4-6-8-21(5-2)18-31-27-17-28(33-19-32-27)34-20(3)26(23-9-7-10-24(29)16-23)15-22-11-13-25(30)14-12-22/h7,9-14,16-17,19-21,26H,4-6,8,15,18H2,1-3H3,(H2,31,32,33,34)/t20-,21?,26+/m0/s1. The normalized spacial score (nSPS) is 13.8. The Morgan fingerprint density at radius 3 is 2.47 bits per heavy atom. The molecule has 4 nitrogen and oxygen atoms in total. The number of benzene rings is 2. The van der Waals surface area contributed by atoms with Crippen molar-refractivity contribution in [1.82, 2.24) is 9.97 Å². The number of anilines is 2. The Bertz CT molecular complexity index is 1010. The molecule has 2 N–H and O–H groups in total. The van der Waals surface area contributed by atoms with E-state index in [9.17, 15) is 0 Å². The predicted octanol–water partition coefficient (Wildman–Crippen LogP) is 8.35. The highest BCUT2D eigenvalue weighted by atomic mass is 79.9. The van der Waals surface area contributed by atoms with Crippen LogP contribution in [0.25, 0.3) is 0 Å². The number of nitrogens with one attached hydrogen (secondary N) is 2. The fourth-order valence-electron chi connectivity index (χ4n) is 4.25. The molecule has 0 fully saturated rings. The molecule has 0 aliphatic carbocycles. The highest BCUT2D eigenvalue weighted by Gasteiger charge is 2.21. The molecule has 0 aliphatic heterocycles. The lowest BCUT2D eigenvalue weighted by molar-refractivity contribution is 0.472. The van der Waals surface area contributed by atoms with E-state index in [1.165, 1.54) is 36.8 Å². The van der Waals surface area contributed by atoms with Gasteiger partial charge < -0.3 is 10.6 Å². The van der Waals surface area contributed by atoms with E-state index in [2.05, 4.69) is 93.7 Å². The van der Waals surface area contributed by atoms with Crippen molar-refractivity contribution in [2.75, 3.05) is 17.2 Å². The summed E-state index contributed by atoms with van der Waals surface area (Å²) in [6.45, 7) is 7.67. The van der Waals surface area contributed by atoms with Crippen LogP contribution in [0.3, 0.4) is 0 Å². The average molecular weight is 544 g/mol. The Labute approximate surface area is 218 Å². The first-order valence-corrected chi connectivity index (χ1v) is 13.5. The van der Waals surface area contributed by atoms with Gasteiger partial charge in [0.25, 0.3) is 0 Å². The molecule has 0 bridgehead atoms. The third kappa shape index (κ3) is 8.28. The smallest absolute Gasteiger partial charge is 0.131 e. The topological polar surface area (TPSA) is 49.8 Å². The molecule has 0 amide bonds. The number of hydrogen-bond donors (Lipinski definition) is 2. The zero-order valence-electron chi connectivity index (χ0n) is 20.4. The van der Waals surface area contributed by atoms with Crippen LogP contribution in [0, 0.1) is 5.92 Å². The van der Waals surface area contributed by atoms with E-state index >= 15 is 0 Å². The van der Waals surface area contributed by atoms with E-state index in [1.54, 1.807) is 6.33 Å². The fraction of sp³-hybridized carbons (Fsp3) is 0.429. The van der Waals surface area contributed by atoms with E-state index in [4.69, 9.17) is 11.6 Å². The Morgan fingerprint density at radius 1 is 1.00 bits per heavy atom. The van der Waals surface area contributed by atoms with Gasteiger partial charge in [-0.05, 0) is 61.1 Å². The number of nitrogens with zero attached hydrogens (tertiary/aromatic N) is 2. The van der Waals surface area contributed by atoms with Crippen molar-refractivity contribution in [3.05, 3.63) is 81.5 Å². The van der Waals surface area contributed by atoms with Gasteiger partial charge in [-0.25, -0.2) is 9.97 Å². The highest BCUT2D eigenvalue weighted by molar-refractivity contribution is 9.10. The van der Waals surface area contributed by atoms with Crippen molar-refractivity contribution in [2.45, 2.75) is 64.8 Å². The predicted molar refractivity (Wildman–Crippen MR) is 149 cm³/mol. The van der Waals surface area contributed by atoms with Crippen molar-refractivity contribution in [3.63, 3.8) is 0 Å². The maximum atomic E-state index is 6.11. The summed E-state index contributed by atoms with van der Waals surface area (Å²) in [4.78, 5) is 8.94. The zero-order chi connectivity index (χ0) is 24.3. The first kappa shape index (κ1) is 26.5. The van der Waals surface area contributed by atoms with Gasteiger partial charge in [-0.2, -0.15) is 0 Å². The summed E-state index contributed by atoms with van der Waals surface area (Å²) in [5.74, 6) is 2.63. The Kier molecular flexibility index (Phi) is 10.7. The average Bonchev–Trinajstić information content (AvgIpc) is 2.84. The monoisotopic (exact) mass is 542 g/mol. The number of rotatable bonds is 13. The molecule has 2 aromatic carbocycles. The minimum absolute atomic E-state index is 0.153. The van der Waals surface area contributed by atoms with Gasteiger partial charge in [-0.15, -0.1) is 0 Å². The van der Waals surface area contributed by atoms with Crippen LogP contribution in [0.15, 0.2) is 65.4 Å². The summed E-state index contributed by atoms with van der Waals surface area (Å²) in [6, 6.07) is 18.8. The second-order valence-corrected chi connectivity index (χ2v) is 10.4. The van der Waals surface area contributed by atoms with Crippen LogP contribution < -0.4 is 10.6 Å². The third-order valence-electron chi connectivity index (χ3n) is 6.41. The molecule has 3 rings (SSSR count). The lowest BCUT2D eigenvalue weighted by atomic mass is 9.86. The quantitative estimate of drug-likeness (QED) is 0.227. The number of hydrogen-bond acceptors (Lipinski definition) is 4. The Morgan fingerprint density at radius 2 is 1.76 bits per heavy atom. The molecule has 0 aliphatic rings. The van der Waals surface area contributed by atoms with E-state index in [-0.39, 0.29) is 12.0 Å². The molecule has 1 unspecified atom stereocenters. The SMILES string of the molecule is CCCCC(CC)CNc1cc(N[C@@H](C)[C@@H](Cc2ccc(Cl)cc2)c2cccc(Br)c2)ncn1. The largest absolute Gasteiger partial charge is 0.370 e. The summed E-state index contributed by atoms with van der Waals surface area (Å²) in [5, 5.41) is 7.92. The molecule has 182 valence electrons. The Hall–Kier alpha value is -2.11. The van der Waals surface area contributed by atoms with E-state index in [1.807, 2.05) is 18.2 Å². The van der Waals surface area contributed by atoms with E-state index in [0.717, 1.165) is 34.1 Å². The maximum Gasteiger partial charge on any atom is 0.131 e. The number of halogens is 2. The minimum Gasteiger partial charge on any atom is -0.370 e. The number of unbranched alkanes of at least 4 members (excludes halogenated alkanes) is 1. The van der Waals surface area contributed by atoms with Gasteiger partial charge in [0.2, 0.25) is 0 Å². The van der Waals surface area contributed by atoms with Crippen LogP contribution in [0.5, 0.6) is 0 Å². The van der Waals surface area contributed by atoms with E-state index in [0.29, 0.717) is 5.92 Å². The van der Waals surface area contributed by atoms with Gasteiger partial charge in [0.1, 0.15) is 18.0 Å². The van der Waals surface area contributed by atoms with Crippen LogP contribution in [0.1, 0.15) is 63.5 Å². The summed E-state index contributed by atoms with van der Waals surface area (Å²) >= 11 is 9.75. The molecule has 0 saturated heterocycles. The highest BCUT2D eigenvalue weighted by Crippen LogP contribution is 2.29. The van der Waals surface area contributed by atoms with Crippen molar-refractivity contribution >= 4 is 39.2 Å². The molecular weight excluding hydrogens is 508 g/mol. The van der Waals surface area contributed by atoms with Gasteiger partial charge in [0.05, 0.1) is 0 Å². The molecule has 6 heteroatoms. The second-order valence-electron chi connectivity index (χ2n) is 9.01. The summed E-state index contributed by atoms with van der Waals surface area (Å²) in [6.07, 6.45) is 7.49. The van der Waals surface area contributed by atoms with Crippen LogP contribution in [-0.2, 0) is 6.42 Å². The Balaban J connectivity index is 1.72. The molecular formula is C28H36BrClN4. The van der Waals surface area contributed by atoms with Crippen molar-refractivity contribution < 1.29 is 0 Å². The fourth-order valence-corrected chi connectivity index (χ4v) is 4.80. The minimum atomic E-state index is 0.153. The van der Waals surface area contributed by atoms with Gasteiger partial charge in [-0.1, -0.05) is 84.9 Å². The lowest BCUT2D eigenvalue weighted by Gasteiger charge is -2.26. The van der Waals surface area contributed by atoms with Crippen molar-refractivity contribution in [2.24, 2.45) is 5.92 Å². The summed E-state index contributed by atoms with van der Waals surface area (Å²) in [5.41, 5.74) is 2.53. The summed E-state index contributed by atoms with van der Waals surface area (Å²) in [7, 11) is 0. The van der Waals surface area contributed by atoms with E-state index < -0.39 is 0 Å². The second kappa shape index (κ2) is 13.7. The molecule has 3 aromatic rings. The van der Waals surface area contributed by atoms with Crippen LogP contribution >= 0.6 is 27.5 Å². The van der Waals surface area contributed by atoms with Gasteiger partial charge in [-0.3, -0.25) is 0 Å².